The van der Waals surface area contributed by atoms with E-state index in [0.717, 1.165) is 12.8 Å². The zero-order chi connectivity index (χ0) is 21.7. The number of sulfonamides is 1. The highest BCUT2D eigenvalue weighted by molar-refractivity contribution is 7.90. The van der Waals surface area contributed by atoms with Gasteiger partial charge in [-0.25, -0.2) is 17.5 Å². The molecule has 0 aromatic heterocycles. The van der Waals surface area contributed by atoms with E-state index in [9.17, 15) is 18.0 Å². The van der Waals surface area contributed by atoms with Crippen LogP contribution < -0.4 is 21.3 Å². The number of nitriles is 1. The first kappa shape index (κ1) is 21.3. The summed E-state index contributed by atoms with van der Waals surface area (Å²) in [5.74, 6) is -0.613. The van der Waals surface area contributed by atoms with Gasteiger partial charge in [0, 0.05) is 19.1 Å². The Balaban J connectivity index is 1.44. The predicted molar refractivity (Wildman–Crippen MR) is 107 cm³/mol. The first-order valence-electron chi connectivity index (χ1n) is 10.4. The molecule has 3 saturated heterocycles. The van der Waals surface area contributed by atoms with E-state index < -0.39 is 45.3 Å². The number of rotatable bonds is 4. The number of hydrogen-bond donors (Lipinski definition) is 4. The fraction of sp³-hybridized carbons (Fsp3) is 0.833. The molecule has 1 saturated carbocycles. The molecule has 0 bridgehead atoms. The maximum absolute atomic E-state index is 13.1. The van der Waals surface area contributed by atoms with Crippen molar-refractivity contribution in [3.63, 3.8) is 0 Å². The lowest BCUT2D eigenvalue weighted by Gasteiger charge is -2.44. The quantitative estimate of drug-likeness (QED) is 0.398. The molecule has 0 radical (unpaired) electrons. The van der Waals surface area contributed by atoms with Crippen LogP contribution in [0.15, 0.2) is 0 Å². The molecule has 166 valence electrons. The van der Waals surface area contributed by atoms with Gasteiger partial charge in [0.25, 0.3) is 0 Å². The molecule has 0 aromatic rings. The predicted octanol–water partition coefficient (Wildman–Crippen LogP) is -1.89. The van der Waals surface area contributed by atoms with Crippen molar-refractivity contribution in [2.45, 2.75) is 55.2 Å². The number of likely N-dealkylation sites (N-methyl/N-ethyl adjacent to an activating group) is 1. The van der Waals surface area contributed by atoms with Gasteiger partial charge in [-0.1, -0.05) is 0 Å². The van der Waals surface area contributed by atoms with E-state index >= 15 is 0 Å². The summed E-state index contributed by atoms with van der Waals surface area (Å²) in [6, 6.07) is 0.746. The molecule has 3 aliphatic heterocycles. The SMILES string of the molecule is CC1NCCC2NC(=O)N(CC(=O)NC3(C4NCC(C#N)CN4C)CC3)S(=O)(=O)C12. The Kier molecular flexibility index (Phi) is 5.42. The average Bonchev–Trinajstić information content (AvgIpc) is 3.44. The van der Waals surface area contributed by atoms with Crippen LogP contribution in [-0.4, -0.2) is 91.8 Å². The van der Waals surface area contributed by atoms with Crippen LogP contribution in [0.1, 0.15) is 26.2 Å². The summed E-state index contributed by atoms with van der Waals surface area (Å²) < 4.78 is 26.9. The van der Waals surface area contributed by atoms with Gasteiger partial charge >= 0.3 is 6.03 Å². The number of amides is 3. The number of carbonyl (C=O) groups is 2. The van der Waals surface area contributed by atoms with Crippen molar-refractivity contribution in [2.24, 2.45) is 5.92 Å². The molecule has 3 amide bonds. The zero-order valence-electron chi connectivity index (χ0n) is 17.2. The fourth-order valence-corrected chi connectivity index (χ4v) is 7.16. The largest absolute Gasteiger partial charge is 0.346 e. The van der Waals surface area contributed by atoms with E-state index in [4.69, 9.17) is 5.26 Å². The Morgan fingerprint density at radius 3 is 2.73 bits per heavy atom. The third-order valence-corrected chi connectivity index (χ3v) is 9.01. The van der Waals surface area contributed by atoms with Gasteiger partial charge in [0.2, 0.25) is 15.9 Å². The van der Waals surface area contributed by atoms with Crippen LogP contribution in [0, 0.1) is 17.2 Å². The van der Waals surface area contributed by atoms with Crippen molar-refractivity contribution >= 4 is 22.0 Å². The third kappa shape index (κ3) is 3.64. The van der Waals surface area contributed by atoms with Gasteiger partial charge in [-0.05, 0) is 39.8 Å². The van der Waals surface area contributed by atoms with Crippen LogP contribution >= 0.6 is 0 Å². The fourth-order valence-electron chi connectivity index (χ4n) is 5.05. The summed E-state index contributed by atoms with van der Waals surface area (Å²) in [5, 5.41) is 20.5. The third-order valence-electron chi connectivity index (χ3n) is 6.67. The van der Waals surface area contributed by atoms with Crippen LogP contribution in [-0.2, 0) is 14.8 Å². The van der Waals surface area contributed by atoms with E-state index in [1.165, 1.54) is 0 Å². The molecule has 1 aliphatic carbocycles. The molecule has 4 fully saturated rings. The normalized spacial score (nSPS) is 37.4. The van der Waals surface area contributed by atoms with Gasteiger partial charge in [-0.3, -0.25) is 15.0 Å². The second-order valence-corrected chi connectivity index (χ2v) is 10.9. The number of nitrogens with zero attached hydrogens (tertiary/aromatic N) is 3. The Bertz CT molecular complexity index is 868. The standard InChI is InChI=1S/C18H29N7O4S/c1-11-15-13(3-6-20-11)22-17(27)25(30(15,28)29)10-14(26)23-18(4-5-18)16-21-8-12(7-19)9-24(16)2/h11-13,15-16,20-21H,3-6,8-10H2,1-2H3,(H,22,27)(H,23,26). The maximum Gasteiger partial charge on any atom is 0.331 e. The topological polar surface area (TPSA) is 147 Å². The van der Waals surface area contributed by atoms with Crippen molar-refractivity contribution in [2.75, 3.05) is 33.2 Å². The van der Waals surface area contributed by atoms with Crippen molar-refractivity contribution in [3.8, 4) is 6.07 Å². The smallest absolute Gasteiger partial charge is 0.331 e. The summed E-state index contributed by atoms with van der Waals surface area (Å²) in [5.41, 5.74) is -0.509. The second-order valence-electron chi connectivity index (χ2n) is 8.88. The lowest BCUT2D eigenvalue weighted by atomic mass is 10.00. The van der Waals surface area contributed by atoms with E-state index in [1.807, 2.05) is 11.9 Å². The molecule has 11 nitrogen and oxygen atoms in total. The highest BCUT2D eigenvalue weighted by Crippen LogP contribution is 2.41. The van der Waals surface area contributed by atoms with Crippen LogP contribution in [0.2, 0.25) is 0 Å². The van der Waals surface area contributed by atoms with Gasteiger partial charge in [-0.2, -0.15) is 5.26 Å². The molecular formula is C18H29N7O4S. The molecule has 0 spiro atoms. The van der Waals surface area contributed by atoms with Crippen LogP contribution in [0.4, 0.5) is 4.79 Å². The molecule has 5 unspecified atom stereocenters. The molecule has 4 rings (SSSR count). The molecule has 4 N–H and O–H groups in total. The van der Waals surface area contributed by atoms with Crippen molar-refractivity contribution in [1.82, 2.24) is 30.5 Å². The van der Waals surface area contributed by atoms with Gasteiger partial charge in [0.1, 0.15) is 11.8 Å². The molecule has 12 heteroatoms. The second kappa shape index (κ2) is 7.64. The van der Waals surface area contributed by atoms with Crippen LogP contribution in [0.3, 0.4) is 0 Å². The average molecular weight is 440 g/mol. The summed E-state index contributed by atoms with van der Waals surface area (Å²) in [6.45, 7) is 3.02. The van der Waals surface area contributed by atoms with E-state index in [2.05, 4.69) is 27.3 Å². The Morgan fingerprint density at radius 1 is 1.37 bits per heavy atom. The summed E-state index contributed by atoms with van der Waals surface area (Å²) in [7, 11) is -2.07. The minimum atomic E-state index is -3.96. The number of urea groups is 1. The lowest BCUT2D eigenvalue weighted by Crippen LogP contribution is -2.70. The maximum atomic E-state index is 13.1. The molecule has 5 atom stereocenters. The van der Waals surface area contributed by atoms with Gasteiger partial charge in [0.05, 0.1) is 29.7 Å². The van der Waals surface area contributed by atoms with Crippen molar-refractivity contribution < 1.29 is 18.0 Å². The number of piperidine rings is 1. The minimum absolute atomic E-state index is 0.112. The number of hydrogen-bond acceptors (Lipinski definition) is 8. The van der Waals surface area contributed by atoms with Gasteiger partial charge in [0.15, 0.2) is 0 Å². The van der Waals surface area contributed by atoms with E-state index in [0.29, 0.717) is 30.4 Å². The highest BCUT2D eigenvalue weighted by Gasteiger charge is 2.55. The van der Waals surface area contributed by atoms with E-state index in [1.54, 1.807) is 6.92 Å². The molecule has 30 heavy (non-hydrogen) atoms. The summed E-state index contributed by atoms with van der Waals surface area (Å²) in [6.07, 6.45) is 1.90. The van der Waals surface area contributed by atoms with Crippen LogP contribution in [0.25, 0.3) is 0 Å². The Morgan fingerprint density at radius 2 is 2.10 bits per heavy atom. The minimum Gasteiger partial charge on any atom is -0.346 e. The molecule has 4 aliphatic rings. The number of carbonyl (C=O) groups excluding carboxylic acids is 2. The summed E-state index contributed by atoms with van der Waals surface area (Å²) in [4.78, 5) is 27.3. The van der Waals surface area contributed by atoms with Gasteiger partial charge in [-0.15, -0.1) is 0 Å². The molecule has 3 heterocycles. The number of nitrogens with one attached hydrogen (secondary N) is 4. The Labute approximate surface area is 176 Å². The van der Waals surface area contributed by atoms with Crippen molar-refractivity contribution in [3.05, 3.63) is 0 Å². The van der Waals surface area contributed by atoms with Gasteiger partial charge < -0.3 is 16.0 Å². The van der Waals surface area contributed by atoms with E-state index in [-0.39, 0.29) is 18.1 Å². The molecular weight excluding hydrogens is 410 g/mol. The first-order chi connectivity index (χ1) is 14.2. The number of fused-ring (bicyclic) bond motifs is 1. The highest BCUT2D eigenvalue weighted by atomic mass is 32.2. The van der Waals surface area contributed by atoms with Crippen LogP contribution in [0.5, 0.6) is 0 Å². The Hall–Kier alpha value is -1.94. The summed E-state index contributed by atoms with van der Waals surface area (Å²) >= 11 is 0. The van der Waals surface area contributed by atoms with Crippen molar-refractivity contribution in [1.29, 1.82) is 5.26 Å². The zero-order valence-corrected chi connectivity index (χ0v) is 18.0. The lowest BCUT2D eigenvalue weighted by molar-refractivity contribution is -0.122. The first-order valence-corrected chi connectivity index (χ1v) is 11.9. The monoisotopic (exact) mass is 439 g/mol. The molecule has 0 aromatic carbocycles.